The number of anilines is 2. The molecule has 1 amide bonds. The van der Waals surface area contributed by atoms with Gasteiger partial charge in [-0.25, -0.2) is 0 Å². The molecular weight excluding hydrogens is 320 g/mol. The van der Waals surface area contributed by atoms with Gasteiger partial charge in [0.15, 0.2) is 5.84 Å². The Labute approximate surface area is 144 Å². The average molecular weight is 336 g/mol. The fourth-order valence-corrected chi connectivity index (χ4v) is 1.90. The van der Waals surface area contributed by atoms with E-state index in [0.29, 0.717) is 22.7 Å². The summed E-state index contributed by atoms with van der Waals surface area (Å²) in [6.07, 6.45) is 0. The summed E-state index contributed by atoms with van der Waals surface area (Å²) in [5.41, 5.74) is 9.04. The molecule has 5 N–H and O–H groups in total. The molecule has 0 radical (unpaired) electrons. The summed E-state index contributed by atoms with van der Waals surface area (Å²) in [7, 11) is 1.55. The number of hydrogen-bond donors (Lipinski definition) is 4. The van der Waals surface area contributed by atoms with Gasteiger partial charge in [0, 0.05) is 17.3 Å². The zero-order valence-corrected chi connectivity index (χ0v) is 13.4. The van der Waals surface area contributed by atoms with Crippen LogP contribution in [0.1, 0.15) is 10.4 Å². The third kappa shape index (κ3) is 4.80. The predicted octanol–water partition coefficient (Wildman–Crippen LogP) is 2.17. The first-order valence-corrected chi connectivity index (χ1v) is 7.17. The fourth-order valence-electron chi connectivity index (χ4n) is 1.90. The van der Waals surface area contributed by atoms with Crippen LogP contribution in [-0.4, -0.2) is 24.6 Å². The second kappa shape index (κ2) is 8.12. The molecule has 2 aromatic rings. The van der Waals surface area contributed by atoms with E-state index in [1.165, 1.54) is 0 Å². The molecule has 0 atom stereocenters. The first-order chi connectivity index (χ1) is 12.0. The number of amidine groups is 1. The van der Waals surface area contributed by atoms with Crippen molar-refractivity contribution in [2.24, 2.45) is 10.8 Å². The summed E-state index contributed by atoms with van der Waals surface area (Å²) in [4.78, 5) is 12.3. The van der Waals surface area contributed by atoms with Gasteiger partial charge < -0.3 is 15.8 Å². The quantitative estimate of drug-likeness (QED) is 0.364. The van der Waals surface area contributed by atoms with E-state index in [0.717, 1.165) is 0 Å². The predicted molar refractivity (Wildman–Crippen MR) is 96.0 cm³/mol. The number of nitrogens with two attached hydrogens (primary N) is 1. The van der Waals surface area contributed by atoms with Gasteiger partial charge >= 0.3 is 0 Å². The maximum Gasteiger partial charge on any atom is 0.255 e. The fraction of sp³-hybridized carbons (Fsp3) is 0.0588. The highest BCUT2D eigenvalue weighted by molar-refractivity contribution is 6.45. The minimum absolute atomic E-state index is 0.244. The zero-order chi connectivity index (χ0) is 18.2. The van der Waals surface area contributed by atoms with E-state index in [4.69, 9.17) is 21.1 Å². The molecule has 25 heavy (non-hydrogen) atoms. The van der Waals surface area contributed by atoms with Crippen LogP contribution in [0.2, 0.25) is 0 Å². The number of hydrogen-bond acceptors (Lipinski definition) is 6. The largest absolute Gasteiger partial charge is 0.497 e. The van der Waals surface area contributed by atoms with E-state index in [1.54, 1.807) is 61.7 Å². The number of ether oxygens (including phenoxy) is 1. The molecule has 8 nitrogen and oxygen atoms in total. The lowest BCUT2D eigenvalue weighted by Crippen LogP contribution is -2.21. The van der Waals surface area contributed by atoms with Crippen molar-refractivity contribution in [3.8, 4) is 11.8 Å². The van der Waals surface area contributed by atoms with Gasteiger partial charge in [-0.3, -0.25) is 15.6 Å². The van der Waals surface area contributed by atoms with E-state index in [1.807, 2.05) is 0 Å². The standard InChI is InChI=1S/C17H16N6O2/c1-25-14-7-3-5-12(9-14)21-17(24)11-4-2-6-13(8-11)22-23-15(10-18)16(19)20/h2-9,22H,1H3,(H3,19,20)(H,21,24)/b23-15+. The van der Waals surface area contributed by atoms with Crippen LogP contribution in [0.5, 0.6) is 5.75 Å². The van der Waals surface area contributed by atoms with Crippen molar-refractivity contribution >= 4 is 28.8 Å². The Kier molecular flexibility index (Phi) is 5.68. The molecule has 0 fully saturated rings. The van der Waals surface area contributed by atoms with Crippen molar-refractivity contribution < 1.29 is 9.53 Å². The first-order valence-electron chi connectivity index (χ1n) is 7.17. The minimum atomic E-state index is -0.443. The van der Waals surface area contributed by atoms with Gasteiger partial charge in [0.2, 0.25) is 5.71 Å². The smallest absolute Gasteiger partial charge is 0.255 e. The Morgan fingerprint density at radius 1 is 1.24 bits per heavy atom. The number of carbonyl (C=O) groups excluding carboxylic acids is 1. The molecule has 2 rings (SSSR count). The van der Waals surface area contributed by atoms with Crippen LogP contribution >= 0.6 is 0 Å². The molecule has 0 aromatic heterocycles. The minimum Gasteiger partial charge on any atom is -0.497 e. The summed E-state index contributed by atoms with van der Waals surface area (Å²) in [6.45, 7) is 0. The van der Waals surface area contributed by atoms with Gasteiger partial charge in [-0.15, -0.1) is 0 Å². The van der Waals surface area contributed by atoms with Gasteiger partial charge in [-0.05, 0) is 30.3 Å². The molecule has 126 valence electrons. The van der Waals surface area contributed by atoms with Crippen LogP contribution in [-0.2, 0) is 0 Å². The van der Waals surface area contributed by atoms with E-state index >= 15 is 0 Å². The Balaban J connectivity index is 2.13. The number of hydrazone groups is 1. The second-order valence-corrected chi connectivity index (χ2v) is 4.86. The number of nitrogens with zero attached hydrogens (tertiary/aromatic N) is 2. The van der Waals surface area contributed by atoms with E-state index in [-0.39, 0.29) is 11.6 Å². The summed E-state index contributed by atoms with van der Waals surface area (Å²) < 4.78 is 5.12. The Hall–Kier alpha value is -3.86. The van der Waals surface area contributed by atoms with Crippen molar-refractivity contribution in [2.45, 2.75) is 0 Å². The molecule has 0 aliphatic heterocycles. The number of carbonyl (C=O) groups is 1. The molecule has 0 unspecified atom stereocenters. The molecule has 0 aliphatic rings. The number of amides is 1. The van der Waals surface area contributed by atoms with E-state index in [9.17, 15) is 4.79 Å². The third-order valence-corrected chi connectivity index (χ3v) is 3.11. The summed E-state index contributed by atoms with van der Waals surface area (Å²) in [5.74, 6) is -0.120. The van der Waals surface area contributed by atoms with Gasteiger partial charge in [0.05, 0.1) is 12.8 Å². The molecule has 0 saturated heterocycles. The molecule has 0 aliphatic carbocycles. The average Bonchev–Trinajstić information content (AvgIpc) is 2.62. The topological polar surface area (TPSA) is 136 Å². The monoisotopic (exact) mass is 336 g/mol. The molecule has 0 bridgehead atoms. The molecule has 0 heterocycles. The Morgan fingerprint density at radius 2 is 1.96 bits per heavy atom. The van der Waals surface area contributed by atoms with Crippen LogP contribution in [0.3, 0.4) is 0 Å². The number of methoxy groups -OCH3 is 1. The van der Waals surface area contributed by atoms with Gasteiger partial charge in [0.1, 0.15) is 11.8 Å². The van der Waals surface area contributed by atoms with Gasteiger partial charge in [0.25, 0.3) is 5.91 Å². The van der Waals surface area contributed by atoms with Crippen molar-refractivity contribution in [3.63, 3.8) is 0 Å². The van der Waals surface area contributed by atoms with Crippen molar-refractivity contribution in [1.29, 1.82) is 10.7 Å². The third-order valence-electron chi connectivity index (χ3n) is 3.11. The maximum absolute atomic E-state index is 12.3. The van der Waals surface area contributed by atoms with Crippen molar-refractivity contribution in [2.75, 3.05) is 17.9 Å². The number of rotatable bonds is 6. The Morgan fingerprint density at radius 3 is 2.64 bits per heavy atom. The number of benzene rings is 2. The highest BCUT2D eigenvalue weighted by atomic mass is 16.5. The van der Waals surface area contributed by atoms with Crippen LogP contribution in [0.25, 0.3) is 0 Å². The summed E-state index contributed by atoms with van der Waals surface area (Å²) >= 11 is 0. The van der Waals surface area contributed by atoms with E-state index < -0.39 is 5.84 Å². The number of nitriles is 1. The van der Waals surface area contributed by atoms with Gasteiger partial charge in [-0.2, -0.15) is 10.4 Å². The van der Waals surface area contributed by atoms with Crippen LogP contribution in [0, 0.1) is 16.7 Å². The van der Waals surface area contributed by atoms with Gasteiger partial charge in [-0.1, -0.05) is 12.1 Å². The SMILES string of the molecule is COc1cccc(NC(=O)c2cccc(N/N=C(\C#N)C(=N)N)c2)c1. The molecule has 2 aromatic carbocycles. The summed E-state index contributed by atoms with van der Waals surface area (Å²) in [5, 5.41) is 22.5. The molecule has 0 spiro atoms. The maximum atomic E-state index is 12.3. The zero-order valence-electron chi connectivity index (χ0n) is 13.4. The lowest BCUT2D eigenvalue weighted by molar-refractivity contribution is 0.102. The van der Waals surface area contributed by atoms with Crippen molar-refractivity contribution in [3.05, 3.63) is 54.1 Å². The van der Waals surface area contributed by atoms with Crippen LogP contribution < -0.4 is 21.2 Å². The number of nitrogens with one attached hydrogen (secondary N) is 3. The first kappa shape index (κ1) is 17.5. The molecular formula is C17H16N6O2. The summed E-state index contributed by atoms with van der Waals surface area (Å²) in [6, 6.07) is 15.2. The highest BCUT2D eigenvalue weighted by Crippen LogP contribution is 2.18. The highest BCUT2D eigenvalue weighted by Gasteiger charge is 2.08. The van der Waals surface area contributed by atoms with Crippen LogP contribution in [0.4, 0.5) is 11.4 Å². The second-order valence-electron chi connectivity index (χ2n) is 4.86. The normalized spacial score (nSPS) is 10.5. The Bertz CT molecular complexity index is 869. The van der Waals surface area contributed by atoms with E-state index in [2.05, 4.69) is 15.8 Å². The lowest BCUT2D eigenvalue weighted by Gasteiger charge is -2.08. The molecule has 0 saturated carbocycles. The van der Waals surface area contributed by atoms with Crippen molar-refractivity contribution in [1.82, 2.24) is 0 Å². The lowest BCUT2D eigenvalue weighted by atomic mass is 10.2. The van der Waals surface area contributed by atoms with Crippen LogP contribution in [0.15, 0.2) is 53.6 Å². The molecule has 8 heteroatoms.